The van der Waals surface area contributed by atoms with Crippen molar-refractivity contribution in [1.82, 2.24) is 10.2 Å². The molecule has 1 aromatic rings. The molecule has 1 heterocycles. The highest BCUT2D eigenvalue weighted by molar-refractivity contribution is 5.71. The number of carbonyl (C=O) groups is 1. The van der Waals surface area contributed by atoms with Crippen LogP contribution in [0.1, 0.15) is 26.2 Å². The molecule has 0 aliphatic rings. The van der Waals surface area contributed by atoms with Crippen molar-refractivity contribution in [1.29, 1.82) is 0 Å². The molecular formula is C9H12N2O3. The Labute approximate surface area is 81.1 Å². The van der Waals surface area contributed by atoms with Gasteiger partial charge in [-0.3, -0.25) is 9.59 Å². The molecule has 1 N–H and O–H groups in total. The summed E-state index contributed by atoms with van der Waals surface area (Å²) >= 11 is 0. The lowest BCUT2D eigenvalue weighted by Crippen LogP contribution is -2.12. The maximum absolute atomic E-state index is 11.1. The van der Waals surface area contributed by atoms with Gasteiger partial charge in [-0.25, -0.2) is 5.10 Å². The van der Waals surface area contributed by atoms with Crippen LogP contribution in [-0.4, -0.2) is 16.2 Å². The van der Waals surface area contributed by atoms with Crippen molar-refractivity contribution in [3.63, 3.8) is 0 Å². The third kappa shape index (κ3) is 3.38. The van der Waals surface area contributed by atoms with Crippen LogP contribution in [0.15, 0.2) is 16.9 Å². The summed E-state index contributed by atoms with van der Waals surface area (Å²) < 4.78 is 4.85. The zero-order chi connectivity index (χ0) is 10.4. The number of ether oxygens (including phenoxy) is 1. The van der Waals surface area contributed by atoms with Gasteiger partial charge in [0.1, 0.15) is 0 Å². The van der Waals surface area contributed by atoms with E-state index in [1.54, 1.807) is 0 Å². The molecule has 0 fully saturated rings. The molecule has 0 unspecified atom stereocenters. The molecule has 1 aromatic heterocycles. The first-order chi connectivity index (χ1) is 6.72. The topological polar surface area (TPSA) is 72.1 Å². The SMILES string of the molecule is CCCCC(=O)Oc1ccc(=O)[nH]n1. The minimum absolute atomic E-state index is 0.130. The number of hydrogen-bond acceptors (Lipinski definition) is 4. The highest BCUT2D eigenvalue weighted by Crippen LogP contribution is 2.03. The summed E-state index contributed by atoms with van der Waals surface area (Å²) in [6.07, 6.45) is 2.10. The average Bonchev–Trinajstić information content (AvgIpc) is 2.18. The third-order valence-electron chi connectivity index (χ3n) is 1.61. The van der Waals surface area contributed by atoms with E-state index in [9.17, 15) is 9.59 Å². The molecule has 0 aromatic carbocycles. The van der Waals surface area contributed by atoms with Gasteiger partial charge in [0.25, 0.3) is 5.56 Å². The quantitative estimate of drug-likeness (QED) is 0.725. The number of nitrogens with zero attached hydrogens (tertiary/aromatic N) is 1. The number of hydrogen-bond donors (Lipinski definition) is 1. The van der Waals surface area contributed by atoms with Crippen LogP contribution in [0.3, 0.4) is 0 Å². The van der Waals surface area contributed by atoms with Crippen LogP contribution in [-0.2, 0) is 4.79 Å². The summed E-state index contributed by atoms with van der Waals surface area (Å²) in [7, 11) is 0. The van der Waals surface area contributed by atoms with Crippen LogP contribution in [0.2, 0.25) is 0 Å². The van der Waals surface area contributed by atoms with Crippen molar-refractivity contribution in [3.8, 4) is 5.88 Å². The fraction of sp³-hybridized carbons (Fsp3) is 0.444. The minimum Gasteiger partial charge on any atom is -0.406 e. The number of nitrogens with one attached hydrogen (secondary N) is 1. The van der Waals surface area contributed by atoms with E-state index in [1.807, 2.05) is 6.92 Å². The van der Waals surface area contributed by atoms with Crippen molar-refractivity contribution in [2.75, 3.05) is 0 Å². The van der Waals surface area contributed by atoms with Crippen molar-refractivity contribution in [2.45, 2.75) is 26.2 Å². The van der Waals surface area contributed by atoms with Gasteiger partial charge >= 0.3 is 5.97 Å². The van der Waals surface area contributed by atoms with E-state index in [0.29, 0.717) is 6.42 Å². The van der Waals surface area contributed by atoms with Crippen LogP contribution in [0.25, 0.3) is 0 Å². The fourth-order valence-corrected chi connectivity index (χ4v) is 0.877. The second kappa shape index (κ2) is 5.16. The first-order valence-electron chi connectivity index (χ1n) is 4.49. The Morgan fingerprint density at radius 2 is 2.36 bits per heavy atom. The maximum atomic E-state index is 11.1. The molecule has 0 aliphatic carbocycles. The van der Waals surface area contributed by atoms with Crippen molar-refractivity contribution >= 4 is 5.97 Å². The molecule has 76 valence electrons. The maximum Gasteiger partial charge on any atom is 0.312 e. The lowest BCUT2D eigenvalue weighted by molar-refractivity contribution is -0.134. The molecule has 0 atom stereocenters. The Kier molecular flexibility index (Phi) is 3.84. The molecule has 5 heteroatoms. The number of H-pyrrole nitrogens is 1. The molecule has 0 bridgehead atoms. The number of aromatic amines is 1. The van der Waals surface area contributed by atoms with Gasteiger partial charge in [0.15, 0.2) is 0 Å². The van der Waals surface area contributed by atoms with E-state index in [2.05, 4.69) is 10.2 Å². The first-order valence-corrected chi connectivity index (χ1v) is 4.49. The molecule has 0 aliphatic heterocycles. The summed E-state index contributed by atoms with van der Waals surface area (Å²) in [5.74, 6) is -0.197. The minimum atomic E-state index is -0.327. The van der Waals surface area contributed by atoms with Gasteiger partial charge in [0.2, 0.25) is 5.88 Å². The number of esters is 1. The van der Waals surface area contributed by atoms with Gasteiger partial charge in [-0.1, -0.05) is 13.3 Å². The summed E-state index contributed by atoms with van der Waals surface area (Å²) in [6, 6.07) is 2.62. The van der Waals surface area contributed by atoms with Gasteiger partial charge in [-0.05, 0) is 6.42 Å². The van der Waals surface area contributed by atoms with Crippen molar-refractivity contribution < 1.29 is 9.53 Å². The molecule has 1 rings (SSSR count). The highest BCUT2D eigenvalue weighted by Gasteiger charge is 2.04. The van der Waals surface area contributed by atoms with Crippen molar-refractivity contribution in [3.05, 3.63) is 22.5 Å². The number of unbranched alkanes of at least 4 members (excludes halogenated alkanes) is 1. The Balaban J connectivity index is 2.48. The van der Waals surface area contributed by atoms with Crippen molar-refractivity contribution in [2.24, 2.45) is 0 Å². The Morgan fingerprint density at radius 1 is 1.57 bits per heavy atom. The molecular weight excluding hydrogens is 184 g/mol. The van der Waals surface area contributed by atoms with Gasteiger partial charge in [-0.15, -0.1) is 5.10 Å². The Bertz CT molecular complexity index is 339. The molecule has 0 saturated carbocycles. The fourth-order valence-electron chi connectivity index (χ4n) is 0.877. The van der Waals surface area contributed by atoms with Gasteiger partial charge < -0.3 is 4.74 Å². The average molecular weight is 196 g/mol. The predicted octanol–water partition coefficient (Wildman–Crippen LogP) is 0.865. The molecule has 0 amide bonds. The van der Waals surface area contributed by atoms with Crippen LogP contribution in [0.4, 0.5) is 0 Å². The summed E-state index contributed by atoms with van der Waals surface area (Å²) in [5, 5.41) is 5.72. The standard InChI is InChI=1S/C9H12N2O3/c1-2-3-4-9(13)14-8-6-5-7(12)10-11-8/h5-6H,2-4H2,1H3,(H,10,12). The summed E-state index contributed by atoms with van der Waals surface area (Å²) in [5.41, 5.74) is -0.321. The lowest BCUT2D eigenvalue weighted by atomic mass is 10.2. The molecule has 0 spiro atoms. The number of aromatic nitrogens is 2. The van der Waals surface area contributed by atoms with Crippen LogP contribution < -0.4 is 10.3 Å². The Hall–Kier alpha value is -1.65. The molecule has 0 radical (unpaired) electrons. The van der Waals surface area contributed by atoms with Gasteiger partial charge in [0, 0.05) is 18.6 Å². The van der Waals surface area contributed by atoms with Crippen LogP contribution >= 0.6 is 0 Å². The summed E-state index contributed by atoms with van der Waals surface area (Å²) in [6.45, 7) is 1.99. The van der Waals surface area contributed by atoms with E-state index in [-0.39, 0.29) is 17.4 Å². The lowest BCUT2D eigenvalue weighted by Gasteiger charge is -2.00. The van der Waals surface area contributed by atoms with Crippen LogP contribution in [0, 0.1) is 0 Å². The smallest absolute Gasteiger partial charge is 0.312 e. The number of rotatable bonds is 4. The normalized spacial score (nSPS) is 9.79. The third-order valence-corrected chi connectivity index (χ3v) is 1.61. The Morgan fingerprint density at radius 3 is 2.93 bits per heavy atom. The van der Waals surface area contributed by atoms with E-state index < -0.39 is 0 Å². The summed E-state index contributed by atoms with van der Waals surface area (Å²) in [4.78, 5) is 21.7. The van der Waals surface area contributed by atoms with Gasteiger partial charge in [0.05, 0.1) is 0 Å². The molecule has 5 nitrogen and oxygen atoms in total. The van der Waals surface area contributed by atoms with Gasteiger partial charge in [-0.2, -0.15) is 0 Å². The second-order valence-corrected chi connectivity index (χ2v) is 2.84. The van der Waals surface area contributed by atoms with E-state index >= 15 is 0 Å². The van der Waals surface area contributed by atoms with E-state index in [0.717, 1.165) is 12.8 Å². The zero-order valence-corrected chi connectivity index (χ0v) is 7.95. The highest BCUT2D eigenvalue weighted by atomic mass is 16.5. The second-order valence-electron chi connectivity index (χ2n) is 2.84. The van der Waals surface area contributed by atoms with E-state index in [1.165, 1.54) is 12.1 Å². The van der Waals surface area contributed by atoms with Crippen LogP contribution in [0.5, 0.6) is 5.88 Å². The predicted molar refractivity (Wildman–Crippen MR) is 50.0 cm³/mol. The molecule has 0 saturated heterocycles. The first kappa shape index (κ1) is 10.4. The molecule has 14 heavy (non-hydrogen) atoms. The monoisotopic (exact) mass is 196 g/mol. The zero-order valence-electron chi connectivity index (χ0n) is 7.95. The largest absolute Gasteiger partial charge is 0.406 e. The number of carbonyl (C=O) groups excluding carboxylic acids is 1. The van der Waals surface area contributed by atoms with E-state index in [4.69, 9.17) is 4.74 Å².